The number of rotatable bonds is 9. The third-order valence-corrected chi connectivity index (χ3v) is 7.07. The molecule has 0 aliphatic rings. The van der Waals surface area contributed by atoms with E-state index < -0.39 is 0 Å². The Hall–Kier alpha value is -4.97. The summed E-state index contributed by atoms with van der Waals surface area (Å²) in [5.74, 6) is 2.20. The molecule has 0 amide bonds. The van der Waals surface area contributed by atoms with Crippen molar-refractivity contribution in [3.63, 3.8) is 0 Å². The predicted molar refractivity (Wildman–Crippen MR) is 206 cm³/mol. The first-order chi connectivity index (χ1) is 24.2. The number of halogens is 1. The van der Waals surface area contributed by atoms with Crippen LogP contribution >= 0.6 is 0 Å². The van der Waals surface area contributed by atoms with Crippen LogP contribution in [0.1, 0.15) is 27.8 Å². The highest BCUT2D eigenvalue weighted by molar-refractivity contribution is 5.46. The van der Waals surface area contributed by atoms with Gasteiger partial charge >= 0.3 is 0 Å². The van der Waals surface area contributed by atoms with Gasteiger partial charge in [-0.2, -0.15) is 0 Å². The Bertz CT molecular complexity index is 1570. The van der Waals surface area contributed by atoms with Crippen LogP contribution in [0.15, 0.2) is 121 Å². The van der Waals surface area contributed by atoms with Crippen LogP contribution in [-0.2, 0) is 32.7 Å². The van der Waals surface area contributed by atoms with Gasteiger partial charge in [-0.3, -0.25) is 0 Å². The predicted octanol–water partition coefficient (Wildman–Crippen LogP) is 5.96. The van der Waals surface area contributed by atoms with E-state index in [4.69, 9.17) is 42.9 Å². The van der Waals surface area contributed by atoms with Gasteiger partial charge in [0.05, 0.1) is 21.3 Å². The molecule has 0 saturated carbocycles. The Morgan fingerprint density at radius 3 is 1.38 bits per heavy atom. The average molecular weight is 687 g/mol. The highest BCUT2D eigenvalue weighted by atomic mass is 19.1. The summed E-state index contributed by atoms with van der Waals surface area (Å²) < 4.78 is 27.7. The minimum atomic E-state index is -0.222. The smallest absolute Gasteiger partial charge is 0.127 e. The molecule has 50 heavy (non-hydrogen) atoms. The van der Waals surface area contributed by atoms with Crippen molar-refractivity contribution < 1.29 is 18.6 Å². The molecule has 0 heterocycles. The lowest BCUT2D eigenvalue weighted by molar-refractivity contribution is 0.391. The second kappa shape index (κ2) is 26.0. The summed E-state index contributed by atoms with van der Waals surface area (Å²) >= 11 is 0. The summed E-state index contributed by atoms with van der Waals surface area (Å²) in [6, 6.07) is 38.1. The molecule has 9 nitrogen and oxygen atoms in total. The monoisotopic (exact) mass is 686 g/mol. The number of nitrogens with zero attached hydrogens (tertiary/aromatic N) is 1. The highest BCUT2D eigenvalue weighted by Crippen LogP contribution is 2.23. The molecule has 270 valence electrons. The van der Waals surface area contributed by atoms with Crippen LogP contribution in [0.2, 0.25) is 0 Å². The second-order valence-electron chi connectivity index (χ2n) is 10.6. The number of methoxy groups -OCH3 is 3. The van der Waals surface area contributed by atoms with E-state index in [1.807, 2.05) is 86.9 Å². The molecule has 0 fully saturated rings. The second-order valence-corrected chi connectivity index (χ2v) is 10.6. The number of benzene rings is 5. The third-order valence-electron chi connectivity index (χ3n) is 7.07. The Morgan fingerprint density at radius 1 is 0.480 bits per heavy atom. The third kappa shape index (κ3) is 16.4. The van der Waals surface area contributed by atoms with Gasteiger partial charge in [0.15, 0.2) is 0 Å². The molecule has 10 N–H and O–H groups in total. The van der Waals surface area contributed by atoms with Crippen molar-refractivity contribution in [1.29, 1.82) is 0 Å². The topological polar surface area (TPSA) is 161 Å². The van der Waals surface area contributed by atoms with Gasteiger partial charge in [0.2, 0.25) is 0 Å². The van der Waals surface area contributed by atoms with E-state index in [9.17, 15) is 4.39 Å². The number of hydrogen-bond acceptors (Lipinski definition) is 9. The molecule has 5 rings (SSSR count). The van der Waals surface area contributed by atoms with Gasteiger partial charge in [0.1, 0.15) is 23.1 Å². The van der Waals surface area contributed by atoms with Crippen molar-refractivity contribution in [3.8, 4) is 17.2 Å². The zero-order chi connectivity index (χ0) is 37.1. The Kier molecular flexibility index (Phi) is 22.4. The molecular formula is C40H55FN6O3. The summed E-state index contributed by atoms with van der Waals surface area (Å²) in [7, 11) is 8.94. The molecule has 0 bridgehead atoms. The maximum absolute atomic E-state index is 12.5. The van der Waals surface area contributed by atoms with Gasteiger partial charge in [0, 0.05) is 75.3 Å². The minimum absolute atomic E-state index is 0.222. The van der Waals surface area contributed by atoms with Crippen molar-refractivity contribution in [3.05, 3.63) is 155 Å². The lowest BCUT2D eigenvalue weighted by atomic mass is 10.2. The van der Waals surface area contributed by atoms with E-state index >= 15 is 0 Å². The fourth-order valence-corrected chi connectivity index (χ4v) is 4.10. The van der Waals surface area contributed by atoms with Crippen molar-refractivity contribution in [2.45, 2.75) is 32.7 Å². The zero-order valence-corrected chi connectivity index (χ0v) is 30.0. The van der Waals surface area contributed by atoms with Gasteiger partial charge in [-0.1, -0.05) is 84.9 Å². The highest BCUT2D eigenvalue weighted by Gasteiger charge is 2.02. The summed E-state index contributed by atoms with van der Waals surface area (Å²) in [5, 5.41) is 0. The van der Waals surface area contributed by atoms with Crippen molar-refractivity contribution in [2.75, 3.05) is 40.3 Å². The van der Waals surface area contributed by atoms with Gasteiger partial charge in [-0.25, -0.2) is 4.39 Å². The number of nitrogens with two attached hydrogens (primary N) is 5. The molecule has 5 aromatic carbocycles. The van der Waals surface area contributed by atoms with Gasteiger partial charge < -0.3 is 47.8 Å². The first-order valence-corrected chi connectivity index (χ1v) is 16.1. The summed E-state index contributed by atoms with van der Waals surface area (Å²) in [6.45, 7) is 2.54. The normalized spacial score (nSPS) is 9.50. The van der Waals surface area contributed by atoms with Gasteiger partial charge in [0.25, 0.3) is 0 Å². The molecule has 0 unspecified atom stereocenters. The molecule has 0 saturated heterocycles. The molecule has 0 aliphatic carbocycles. The Labute approximate surface area is 297 Å². The maximum atomic E-state index is 12.5. The maximum Gasteiger partial charge on any atom is 0.127 e. The molecule has 0 spiro atoms. The van der Waals surface area contributed by atoms with Crippen LogP contribution < -0.4 is 47.8 Å². The van der Waals surface area contributed by atoms with E-state index in [1.165, 1.54) is 22.9 Å². The quantitative estimate of drug-likeness (QED) is 0.126. The van der Waals surface area contributed by atoms with Crippen LogP contribution in [-0.4, -0.2) is 35.4 Å². The number of anilines is 1. The molecular weight excluding hydrogens is 631 g/mol. The van der Waals surface area contributed by atoms with Gasteiger partial charge in [-0.15, -0.1) is 0 Å². The van der Waals surface area contributed by atoms with E-state index in [1.54, 1.807) is 39.5 Å². The first kappa shape index (κ1) is 43.1. The van der Waals surface area contributed by atoms with Crippen LogP contribution in [0.3, 0.4) is 0 Å². The zero-order valence-electron chi connectivity index (χ0n) is 30.0. The Morgan fingerprint density at radius 2 is 0.960 bits per heavy atom. The average Bonchev–Trinajstić information content (AvgIpc) is 3.19. The lowest BCUT2D eigenvalue weighted by Crippen LogP contribution is -2.08. The van der Waals surface area contributed by atoms with E-state index in [0.717, 1.165) is 28.4 Å². The number of para-hydroxylation sites is 1. The fraction of sp³-hybridized carbons (Fsp3) is 0.250. The summed E-state index contributed by atoms with van der Waals surface area (Å²) in [4.78, 5) is 2.07. The van der Waals surface area contributed by atoms with Gasteiger partial charge in [-0.05, 0) is 41.5 Å². The van der Waals surface area contributed by atoms with Crippen LogP contribution in [0, 0.1) is 5.82 Å². The lowest BCUT2D eigenvalue weighted by Gasteiger charge is -2.11. The first-order valence-electron chi connectivity index (χ1n) is 16.1. The van der Waals surface area contributed by atoms with Crippen molar-refractivity contribution >= 4 is 5.69 Å². The summed E-state index contributed by atoms with van der Waals surface area (Å²) in [5.41, 5.74) is 33.1. The van der Waals surface area contributed by atoms with E-state index in [-0.39, 0.29) is 12.4 Å². The molecule has 0 aliphatic heterocycles. The molecule has 10 heteroatoms. The standard InChI is InChI=1S/C9H14N2.C9H13NO2.C8H11NO.C7H8FN.C7H9N/c1-11(2)9-5-3-8(7-10)4-6-9;1-11-8-4-3-7(6-10)9(5-8)12-2;1-10-8-5-3-2-4-7(8)6-9;8-7-4-2-1-3-6(7)5-9;8-6-7-4-2-1-3-5-7/h3-6H,7,10H2,1-2H3;3-5H,6,10H2,1-2H3;2-5H,6,9H2,1H3;1-4H,5,9H2;1-5H,6,8H2. The van der Waals surface area contributed by atoms with E-state index in [0.29, 0.717) is 31.7 Å². The van der Waals surface area contributed by atoms with Crippen molar-refractivity contribution in [1.82, 2.24) is 0 Å². The molecule has 5 aromatic rings. The fourth-order valence-electron chi connectivity index (χ4n) is 4.10. The molecule has 0 radical (unpaired) electrons. The van der Waals surface area contributed by atoms with Crippen LogP contribution in [0.4, 0.5) is 10.1 Å². The Balaban J connectivity index is 0.000000314. The number of ether oxygens (including phenoxy) is 3. The SMILES string of the molecule is CN(C)c1ccc(CN)cc1.COc1ccc(CN)c(OC)c1.COc1ccccc1CN.NCc1ccccc1.NCc1ccccc1F. The van der Waals surface area contributed by atoms with Crippen LogP contribution in [0.25, 0.3) is 0 Å². The van der Waals surface area contributed by atoms with Crippen LogP contribution in [0.5, 0.6) is 17.2 Å². The number of hydrogen-bond donors (Lipinski definition) is 5. The van der Waals surface area contributed by atoms with Crippen molar-refractivity contribution in [2.24, 2.45) is 28.7 Å². The molecule has 0 aromatic heterocycles. The summed E-state index contributed by atoms with van der Waals surface area (Å²) in [6.07, 6.45) is 0. The minimum Gasteiger partial charge on any atom is -0.497 e. The largest absolute Gasteiger partial charge is 0.497 e. The van der Waals surface area contributed by atoms with E-state index in [2.05, 4.69) is 29.2 Å². The molecule has 0 atom stereocenters.